The van der Waals surface area contributed by atoms with E-state index in [9.17, 15) is 0 Å². The lowest BCUT2D eigenvalue weighted by Crippen LogP contribution is -1.96. The van der Waals surface area contributed by atoms with E-state index in [1.54, 1.807) is 17.9 Å². The van der Waals surface area contributed by atoms with Crippen LogP contribution >= 0.6 is 28.6 Å². The van der Waals surface area contributed by atoms with Crippen molar-refractivity contribution in [2.24, 2.45) is 7.05 Å². The van der Waals surface area contributed by atoms with Gasteiger partial charge in [-0.2, -0.15) is 9.90 Å². The van der Waals surface area contributed by atoms with Gasteiger partial charge in [0.15, 0.2) is 0 Å². The van der Waals surface area contributed by atoms with Gasteiger partial charge in [-0.25, -0.2) is 4.68 Å². The van der Waals surface area contributed by atoms with Gasteiger partial charge in [0, 0.05) is 4.47 Å². The topological polar surface area (TPSA) is 61.4 Å². The van der Waals surface area contributed by atoms with E-state index in [1.807, 2.05) is 24.3 Å². The number of benzene rings is 1. The Morgan fingerprint density at radius 2 is 2.16 bits per heavy atom. The van der Waals surface area contributed by atoms with Crippen LogP contribution in [0.2, 0.25) is 0 Å². The molecule has 0 atom stereocenters. The summed E-state index contributed by atoms with van der Waals surface area (Å²) in [6, 6.07) is 7.80. The lowest BCUT2D eigenvalue weighted by molar-refractivity contribution is 0.630. The van der Waals surface area contributed by atoms with Crippen LogP contribution in [0.15, 0.2) is 40.0 Å². The molecule has 0 N–H and O–H groups in total. The maximum Gasteiger partial charge on any atom is 0.209 e. The van der Waals surface area contributed by atoms with Crippen molar-refractivity contribution in [2.45, 2.75) is 5.03 Å². The van der Waals surface area contributed by atoms with E-state index < -0.39 is 0 Å². The average molecular weight is 337 g/mol. The molecule has 0 unspecified atom stereocenters. The predicted octanol–water partition coefficient (Wildman–Crippen LogP) is 2.11. The summed E-state index contributed by atoms with van der Waals surface area (Å²) in [6.45, 7) is 0. The molecule has 0 spiro atoms. The van der Waals surface area contributed by atoms with Gasteiger partial charge < -0.3 is 0 Å². The van der Waals surface area contributed by atoms with E-state index in [4.69, 9.17) is 0 Å². The minimum atomic E-state index is 0.508. The second-order valence-electron chi connectivity index (χ2n) is 3.88. The molecule has 2 heterocycles. The first-order valence-corrected chi connectivity index (χ1v) is 6.66. The molecule has 3 rings (SSSR count). The zero-order valence-electron chi connectivity index (χ0n) is 9.90. The standard InChI is InChI=1S/C11H9BrN6S/c1-17-15-10(14-16-17)9-6-13-18(11(9)19)8-4-2-3-7(12)5-8/h2-6,19H,1H3. The number of aromatic nitrogens is 6. The molecule has 96 valence electrons. The first-order valence-electron chi connectivity index (χ1n) is 5.42. The van der Waals surface area contributed by atoms with E-state index in [1.165, 1.54) is 4.80 Å². The highest BCUT2D eigenvalue weighted by molar-refractivity contribution is 9.10. The quantitative estimate of drug-likeness (QED) is 0.728. The lowest BCUT2D eigenvalue weighted by Gasteiger charge is -2.04. The van der Waals surface area contributed by atoms with Crippen LogP contribution in [-0.4, -0.2) is 30.0 Å². The highest BCUT2D eigenvalue weighted by Gasteiger charge is 2.14. The Morgan fingerprint density at radius 3 is 2.84 bits per heavy atom. The first-order chi connectivity index (χ1) is 9.15. The van der Waals surface area contributed by atoms with Crippen molar-refractivity contribution in [3.63, 3.8) is 0 Å². The van der Waals surface area contributed by atoms with Gasteiger partial charge in [-0.3, -0.25) is 0 Å². The third-order valence-corrected chi connectivity index (χ3v) is 3.47. The zero-order valence-corrected chi connectivity index (χ0v) is 12.4. The molecule has 6 nitrogen and oxygen atoms in total. The Hall–Kier alpha value is -1.67. The molecular weight excluding hydrogens is 328 g/mol. The van der Waals surface area contributed by atoms with Gasteiger partial charge in [0.05, 0.1) is 24.5 Å². The van der Waals surface area contributed by atoms with E-state index >= 15 is 0 Å². The second-order valence-corrected chi connectivity index (χ2v) is 5.22. The monoisotopic (exact) mass is 336 g/mol. The molecule has 0 fully saturated rings. The Kier molecular flexibility index (Phi) is 3.11. The van der Waals surface area contributed by atoms with Crippen molar-refractivity contribution in [1.82, 2.24) is 30.0 Å². The molecule has 8 heteroatoms. The molecular formula is C11H9BrN6S. The molecule has 2 aromatic heterocycles. The van der Waals surface area contributed by atoms with Crippen molar-refractivity contribution < 1.29 is 0 Å². The van der Waals surface area contributed by atoms with Gasteiger partial charge >= 0.3 is 0 Å². The lowest BCUT2D eigenvalue weighted by atomic mass is 10.3. The summed E-state index contributed by atoms with van der Waals surface area (Å²) < 4.78 is 2.70. The number of halogens is 1. The van der Waals surface area contributed by atoms with Gasteiger partial charge in [-0.15, -0.1) is 22.8 Å². The summed E-state index contributed by atoms with van der Waals surface area (Å²) in [4.78, 5) is 1.40. The molecule has 0 saturated carbocycles. The van der Waals surface area contributed by atoms with Crippen molar-refractivity contribution in [3.05, 3.63) is 34.9 Å². The maximum absolute atomic E-state index is 4.50. The van der Waals surface area contributed by atoms with Crippen LogP contribution in [0, 0.1) is 0 Å². The summed E-state index contributed by atoms with van der Waals surface area (Å²) in [5.74, 6) is 0.508. The molecule has 19 heavy (non-hydrogen) atoms. The van der Waals surface area contributed by atoms with Crippen molar-refractivity contribution in [1.29, 1.82) is 0 Å². The van der Waals surface area contributed by atoms with Crippen LogP contribution in [-0.2, 0) is 7.05 Å². The van der Waals surface area contributed by atoms with Gasteiger partial charge in [-0.1, -0.05) is 22.0 Å². The summed E-state index contributed by atoms with van der Waals surface area (Å²) in [7, 11) is 1.72. The Bertz CT molecular complexity index is 734. The normalized spacial score (nSPS) is 10.9. The van der Waals surface area contributed by atoms with Crippen LogP contribution in [0.25, 0.3) is 17.1 Å². The van der Waals surface area contributed by atoms with Crippen LogP contribution < -0.4 is 0 Å². The van der Waals surface area contributed by atoms with Crippen LogP contribution in [0.4, 0.5) is 0 Å². The Morgan fingerprint density at radius 1 is 1.32 bits per heavy atom. The van der Waals surface area contributed by atoms with Gasteiger partial charge in [0.2, 0.25) is 5.82 Å². The number of aryl methyl sites for hydroxylation is 1. The summed E-state index contributed by atoms with van der Waals surface area (Å²) in [5.41, 5.74) is 1.66. The molecule has 0 bridgehead atoms. The molecule has 1 aromatic carbocycles. The minimum Gasteiger partial charge on any atom is -0.227 e. The van der Waals surface area contributed by atoms with Crippen molar-refractivity contribution >= 4 is 28.6 Å². The third kappa shape index (κ3) is 2.28. The number of nitrogens with zero attached hydrogens (tertiary/aromatic N) is 6. The smallest absolute Gasteiger partial charge is 0.209 e. The molecule has 0 aliphatic heterocycles. The molecule has 0 aliphatic rings. The average Bonchev–Trinajstić information content (AvgIpc) is 2.95. The SMILES string of the molecule is Cn1nnc(-c2cnn(-c3cccc(Br)c3)c2S)n1. The first kappa shape index (κ1) is 12.4. The number of thiol groups is 1. The van der Waals surface area contributed by atoms with Gasteiger partial charge in [-0.05, 0) is 23.4 Å². The van der Waals surface area contributed by atoms with Crippen LogP contribution in [0.1, 0.15) is 0 Å². The maximum atomic E-state index is 4.50. The molecule has 0 radical (unpaired) electrons. The van der Waals surface area contributed by atoms with Crippen molar-refractivity contribution in [3.8, 4) is 17.1 Å². The number of rotatable bonds is 2. The number of hydrogen-bond donors (Lipinski definition) is 1. The Balaban J connectivity index is 2.08. The van der Waals surface area contributed by atoms with Gasteiger partial charge in [0.1, 0.15) is 5.03 Å². The van der Waals surface area contributed by atoms with Crippen LogP contribution in [0.3, 0.4) is 0 Å². The van der Waals surface area contributed by atoms with Gasteiger partial charge in [0.25, 0.3) is 0 Å². The Labute approximate surface area is 123 Å². The predicted molar refractivity (Wildman–Crippen MR) is 76.3 cm³/mol. The summed E-state index contributed by atoms with van der Waals surface area (Å²) in [5, 5.41) is 16.9. The van der Waals surface area contributed by atoms with E-state index in [2.05, 4.69) is 49.1 Å². The van der Waals surface area contributed by atoms with Crippen LogP contribution in [0.5, 0.6) is 0 Å². The minimum absolute atomic E-state index is 0.508. The van der Waals surface area contributed by atoms with E-state index in [-0.39, 0.29) is 0 Å². The van der Waals surface area contributed by atoms with E-state index in [0.717, 1.165) is 15.7 Å². The van der Waals surface area contributed by atoms with E-state index in [0.29, 0.717) is 10.9 Å². The number of tetrazole rings is 1. The van der Waals surface area contributed by atoms with Crippen molar-refractivity contribution in [2.75, 3.05) is 0 Å². The fourth-order valence-electron chi connectivity index (χ4n) is 1.69. The third-order valence-electron chi connectivity index (χ3n) is 2.55. The highest BCUT2D eigenvalue weighted by Crippen LogP contribution is 2.26. The fraction of sp³-hybridized carbons (Fsp3) is 0.0909. The second kappa shape index (κ2) is 4.78. The zero-order chi connectivity index (χ0) is 13.4. The molecule has 0 amide bonds. The fourth-order valence-corrected chi connectivity index (χ4v) is 2.40. The molecule has 3 aromatic rings. The highest BCUT2D eigenvalue weighted by atomic mass is 79.9. The summed E-state index contributed by atoms with van der Waals surface area (Å²) >= 11 is 7.93. The molecule has 0 aliphatic carbocycles. The number of hydrogen-bond acceptors (Lipinski definition) is 5. The largest absolute Gasteiger partial charge is 0.227 e. The molecule has 0 saturated heterocycles. The summed E-state index contributed by atoms with van der Waals surface area (Å²) in [6.07, 6.45) is 1.68.